The number of hydrogen-bond acceptors (Lipinski definition) is 2. The number of rotatable bonds is 0. The molecule has 4 heteroatoms. The molecule has 0 N–H and O–H groups in total. The second-order valence-corrected chi connectivity index (χ2v) is 4.71. The molecule has 0 atom stereocenters. The van der Waals surface area contributed by atoms with Crippen LogP contribution in [-0.4, -0.2) is 4.57 Å². The molecule has 80 valence electrons. The zero-order chi connectivity index (χ0) is 11.3. The van der Waals surface area contributed by atoms with Crippen molar-refractivity contribution in [3.63, 3.8) is 0 Å². The van der Waals surface area contributed by atoms with Gasteiger partial charge in [-0.2, -0.15) is 8.97 Å². The van der Waals surface area contributed by atoms with Crippen LogP contribution in [0.1, 0.15) is 5.69 Å². The third-order valence-corrected chi connectivity index (χ3v) is 3.97. The Balaban J connectivity index is 2.77. The van der Waals surface area contributed by atoms with Crippen LogP contribution in [0.3, 0.4) is 0 Å². The van der Waals surface area contributed by atoms with Crippen molar-refractivity contribution < 1.29 is 4.40 Å². The lowest BCUT2D eigenvalue weighted by Gasteiger charge is -1.99. The monoisotopic (exact) mass is 231 g/mol. The summed E-state index contributed by atoms with van der Waals surface area (Å²) < 4.78 is 3.83. The van der Waals surface area contributed by atoms with E-state index in [0.29, 0.717) is 0 Å². The number of para-hydroxylation sites is 1. The van der Waals surface area contributed by atoms with E-state index in [2.05, 4.69) is 16.7 Å². The Morgan fingerprint density at radius 2 is 2.06 bits per heavy atom. The molecule has 0 fully saturated rings. The minimum atomic E-state index is 0.0671. The van der Waals surface area contributed by atoms with Crippen LogP contribution in [0.25, 0.3) is 15.9 Å². The zero-order valence-corrected chi connectivity index (χ0v) is 9.91. The predicted molar refractivity (Wildman–Crippen MR) is 65.0 cm³/mol. The van der Waals surface area contributed by atoms with Crippen molar-refractivity contribution in [3.05, 3.63) is 45.7 Å². The molecule has 0 bridgehead atoms. The fourth-order valence-electron chi connectivity index (χ4n) is 2.03. The smallest absolute Gasteiger partial charge is 0.241 e. The summed E-state index contributed by atoms with van der Waals surface area (Å²) in [5, 5.41) is 2.84. The number of thiazole rings is 1. The predicted octanol–water partition coefficient (Wildman–Crippen LogP) is 1.65. The van der Waals surface area contributed by atoms with Gasteiger partial charge >= 0.3 is 10.5 Å². The summed E-state index contributed by atoms with van der Waals surface area (Å²) >= 11 is 1.60. The van der Waals surface area contributed by atoms with Gasteiger partial charge in [0.05, 0.1) is 7.05 Å². The summed E-state index contributed by atoms with van der Waals surface area (Å²) in [6.07, 6.45) is 0. The van der Waals surface area contributed by atoms with E-state index in [0.717, 1.165) is 21.6 Å². The van der Waals surface area contributed by atoms with Crippen molar-refractivity contribution in [3.8, 4) is 0 Å². The van der Waals surface area contributed by atoms with Crippen molar-refractivity contribution in [2.24, 2.45) is 7.05 Å². The maximum atomic E-state index is 12.1. The number of aromatic nitrogens is 2. The molecule has 3 aromatic rings. The highest BCUT2D eigenvalue weighted by Crippen LogP contribution is 2.12. The molecular formula is C12H11N2OS+. The second kappa shape index (κ2) is 3.15. The van der Waals surface area contributed by atoms with Crippen molar-refractivity contribution in [2.45, 2.75) is 6.92 Å². The van der Waals surface area contributed by atoms with Crippen LogP contribution in [0, 0.1) is 6.92 Å². The first kappa shape index (κ1) is 9.54. The van der Waals surface area contributed by atoms with Crippen molar-refractivity contribution in [2.75, 3.05) is 0 Å². The Labute approximate surface area is 96.2 Å². The number of nitrogens with zero attached hydrogens (tertiary/aromatic N) is 2. The average molecular weight is 231 g/mol. The summed E-state index contributed by atoms with van der Waals surface area (Å²) in [7, 11) is 1.82. The first-order valence-electron chi connectivity index (χ1n) is 5.08. The molecule has 0 aliphatic rings. The van der Waals surface area contributed by atoms with Gasteiger partial charge in [0, 0.05) is 5.38 Å². The van der Waals surface area contributed by atoms with Crippen LogP contribution in [0.15, 0.2) is 34.4 Å². The van der Waals surface area contributed by atoms with Gasteiger partial charge < -0.3 is 0 Å². The molecule has 0 saturated heterocycles. The molecule has 0 spiro atoms. The van der Waals surface area contributed by atoms with Gasteiger partial charge in [0.1, 0.15) is 16.6 Å². The lowest BCUT2D eigenvalue weighted by molar-refractivity contribution is -0.489. The fraction of sp³-hybridized carbons (Fsp3) is 0.167. The van der Waals surface area contributed by atoms with Gasteiger partial charge in [0.25, 0.3) is 0 Å². The molecule has 0 amide bonds. The SMILES string of the molecule is Cc1csc2n(C)c(=O)c3ccccc3[n+]12. The van der Waals surface area contributed by atoms with Crippen LogP contribution in [0.4, 0.5) is 0 Å². The summed E-state index contributed by atoms with van der Waals surface area (Å²) in [6, 6.07) is 7.73. The second-order valence-electron chi connectivity index (χ2n) is 3.88. The topological polar surface area (TPSA) is 26.1 Å². The molecule has 2 heterocycles. The Morgan fingerprint density at radius 1 is 1.31 bits per heavy atom. The molecule has 3 nitrogen and oxygen atoms in total. The van der Waals surface area contributed by atoms with Gasteiger partial charge in [-0.25, -0.2) is 4.79 Å². The van der Waals surface area contributed by atoms with Crippen molar-refractivity contribution >= 4 is 27.2 Å². The highest BCUT2D eigenvalue weighted by Gasteiger charge is 2.18. The van der Waals surface area contributed by atoms with E-state index >= 15 is 0 Å². The normalized spacial score (nSPS) is 11.4. The number of hydrogen-bond donors (Lipinski definition) is 0. The summed E-state index contributed by atoms with van der Waals surface area (Å²) in [5.74, 6) is 0. The maximum absolute atomic E-state index is 12.1. The van der Waals surface area contributed by atoms with Gasteiger partial charge in [-0.05, 0) is 19.1 Å². The van der Waals surface area contributed by atoms with E-state index in [1.807, 2.05) is 31.3 Å². The largest absolute Gasteiger partial charge is 0.348 e. The van der Waals surface area contributed by atoms with Crippen LogP contribution in [0.5, 0.6) is 0 Å². The van der Waals surface area contributed by atoms with Gasteiger partial charge in [-0.1, -0.05) is 23.5 Å². The highest BCUT2D eigenvalue weighted by molar-refractivity contribution is 7.14. The third-order valence-electron chi connectivity index (χ3n) is 2.85. The van der Waals surface area contributed by atoms with Crippen molar-refractivity contribution in [1.82, 2.24) is 4.57 Å². The Morgan fingerprint density at radius 3 is 2.88 bits per heavy atom. The van der Waals surface area contributed by atoms with E-state index in [9.17, 15) is 4.79 Å². The third kappa shape index (κ3) is 1.08. The minimum Gasteiger partial charge on any atom is -0.241 e. The van der Waals surface area contributed by atoms with E-state index < -0.39 is 0 Å². The first-order valence-corrected chi connectivity index (χ1v) is 5.95. The van der Waals surface area contributed by atoms with Crippen LogP contribution in [0.2, 0.25) is 0 Å². The highest BCUT2D eigenvalue weighted by atomic mass is 32.1. The summed E-state index contributed by atoms with van der Waals surface area (Å²) in [6.45, 7) is 2.06. The van der Waals surface area contributed by atoms with Crippen molar-refractivity contribution in [1.29, 1.82) is 0 Å². The maximum Gasteiger partial charge on any atom is 0.348 e. The Hall–Kier alpha value is -1.68. The average Bonchev–Trinajstić information content (AvgIpc) is 2.69. The number of aryl methyl sites for hydroxylation is 2. The quantitative estimate of drug-likeness (QED) is 0.540. The molecule has 0 radical (unpaired) electrons. The zero-order valence-electron chi connectivity index (χ0n) is 9.10. The Bertz CT molecular complexity index is 755. The minimum absolute atomic E-state index is 0.0671. The first-order chi connectivity index (χ1) is 7.70. The van der Waals surface area contributed by atoms with E-state index in [1.165, 1.54) is 0 Å². The standard InChI is InChI=1S/C12H11N2OS/c1-8-7-16-12-13(2)11(15)9-5-3-4-6-10(9)14(8)12/h3-7H,1-2H3/q+1. The lowest BCUT2D eigenvalue weighted by Crippen LogP contribution is -2.33. The molecule has 2 aromatic heterocycles. The molecule has 0 aliphatic heterocycles. The van der Waals surface area contributed by atoms with Crippen LogP contribution >= 0.6 is 11.3 Å². The summed E-state index contributed by atoms with van der Waals surface area (Å²) in [5.41, 5.74) is 2.21. The number of fused-ring (bicyclic) bond motifs is 3. The molecule has 16 heavy (non-hydrogen) atoms. The molecular weight excluding hydrogens is 220 g/mol. The van der Waals surface area contributed by atoms with Crippen LogP contribution < -0.4 is 9.96 Å². The van der Waals surface area contributed by atoms with E-state index in [4.69, 9.17) is 0 Å². The van der Waals surface area contributed by atoms with Gasteiger partial charge in [-0.3, -0.25) is 0 Å². The fourth-order valence-corrected chi connectivity index (χ4v) is 3.00. The molecule has 0 saturated carbocycles. The molecule has 0 aliphatic carbocycles. The molecule has 0 unspecified atom stereocenters. The summed E-state index contributed by atoms with van der Waals surface area (Å²) in [4.78, 5) is 13.1. The van der Waals surface area contributed by atoms with Crippen LogP contribution in [-0.2, 0) is 7.05 Å². The van der Waals surface area contributed by atoms with Gasteiger partial charge in [-0.15, -0.1) is 0 Å². The van der Waals surface area contributed by atoms with Gasteiger partial charge in [0.2, 0.25) is 0 Å². The molecule has 1 aromatic carbocycles. The molecule has 3 rings (SSSR count). The number of benzene rings is 1. The lowest BCUT2D eigenvalue weighted by atomic mass is 10.2. The van der Waals surface area contributed by atoms with E-state index in [-0.39, 0.29) is 5.56 Å². The van der Waals surface area contributed by atoms with Gasteiger partial charge in [0.15, 0.2) is 0 Å². The Kier molecular flexibility index (Phi) is 1.88. The van der Waals surface area contributed by atoms with E-state index in [1.54, 1.807) is 15.9 Å².